The normalized spacial score (nSPS) is 10.0. The molecule has 0 aromatic heterocycles. The van der Waals surface area contributed by atoms with E-state index in [4.69, 9.17) is 44.3 Å². The Kier molecular flexibility index (Phi) is 7.81. The Bertz CT molecular complexity index is 23.0. The van der Waals surface area contributed by atoms with Crippen LogP contribution in [-0.2, 0) is 0 Å². The fourth-order valence-corrected chi connectivity index (χ4v) is 0. The Hall–Kier alpha value is 2.30. The van der Waals surface area contributed by atoms with Crippen molar-refractivity contribution in [1.82, 2.24) is 0 Å². The second-order valence-electron chi connectivity index (χ2n) is 0.429. The number of hydrogen-bond donors (Lipinski definition) is 0. The van der Waals surface area contributed by atoms with E-state index < -0.39 is 5.31 Å². The Morgan fingerprint density at radius 2 is 0.833 bits per heavy atom. The molecule has 0 amide bonds. The fourth-order valence-electron chi connectivity index (χ4n) is 0. The van der Waals surface area contributed by atoms with Crippen LogP contribution in [0.3, 0.4) is 0 Å². The van der Waals surface area contributed by atoms with E-state index in [1.165, 1.54) is 0 Å². The summed E-state index contributed by atoms with van der Waals surface area (Å²) < 4.78 is 0. The summed E-state index contributed by atoms with van der Waals surface area (Å²) in [6.45, 7) is 0. The van der Waals surface area contributed by atoms with E-state index in [2.05, 4.69) is 0 Å². The Labute approximate surface area is 76.1 Å². The van der Waals surface area contributed by atoms with Crippen molar-refractivity contribution in [3.8, 4) is 0 Å². The molecule has 2 radical (unpaired) electrons. The molecule has 0 aliphatic heterocycles. The predicted octanol–water partition coefficient (Wildman–Crippen LogP) is 1.46. The van der Waals surface area contributed by atoms with Crippen molar-refractivity contribution in [3.05, 3.63) is 0 Å². The summed E-state index contributed by atoms with van der Waals surface area (Å²) in [5.74, 6) is 0. The van der Waals surface area contributed by atoms with Crippen LogP contribution in [0.1, 0.15) is 0 Å². The van der Waals surface area contributed by atoms with Crippen LogP contribution >= 0.6 is 44.3 Å². The van der Waals surface area contributed by atoms with Gasteiger partial charge in [-0.1, -0.05) is 0 Å². The van der Waals surface area contributed by atoms with Gasteiger partial charge in [0.2, 0.25) is 0 Å². The first-order valence-corrected chi connectivity index (χ1v) is 6.80. The minimum absolute atomic E-state index is 0. The second-order valence-corrected chi connectivity index (χ2v) is 11.6. The maximum absolute atomic E-state index is 4.97. The Morgan fingerprint density at radius 3 is 0.833 bits per heavy atom. The van der Waals surface area contributed by atoms with Crippen LogP contribution in [-0.4, -0.2) is 32.6 Å². The molecule has 0 bridgehead atoms. The van der Waals surface area contributed by atoms with Crippen molar-refractivity contribution in [1.29, 1.82) is 0 Å². The number of halogens is 4. The molecule has 0 aromatic carbocycles. The molecule has 6 heteroatoms. The van der Waals surface area contributed by atoms with Gasteiger partial charge in [0, 0.05) is 0 Å². The molecule has 0 saturated heterocycles. The van der Waals surface area contributed by atoms with Crippen LogP contribution < -0.4 is 0 Å². The molecule has 38 valence electrons. The van der Waals surface area contributed by atoms with Crippen molar-refractivity contribution >= 4 is 76.9 Å². The molecular weight excluding hydrogens is 377 g/mol. The molecule has 0 aliphatic carbocycles. The molecule has 0 spiro atoms. The third-order valence-corrected chi connectivity index (χ3v) is 0. The van der Waals surface area contributed by atoms with E-state index in [-0.39, 0.29) is 27.3 Å². The molecule has 0 nitrogen and oxygen atoms in total. The monoisotopic (exact) mass is 378 g/mol. The third kappa shape index (κ3) is 33.5. The van der Waals surface area contributed by atoms with Gasteiger partial charge in [0.15, 0.2) is 0 Å². The van der Waals surface area contributed by atoms with Crippen molar-refractivity contribution in [3.63, 3.8) is 0 Å². The van der Waals surface area contributed by atoms with Crippen molar-refractivity contribution in [2.75, 3.05) is 0 Å². The van der Waals surface area contributed by atoms with Gasteiger partial charge < -0.3 is 0 Å². The van der Waals surface area contributed by atoms with Crippen LogP contribution in [0, 0.1) is 0 Å². The topological polar surface area (TPSA) is 0 Å². The van der Waals surface area contributed by atoms with Crippen molar-refractivity contribution in [2.24, 2.45) is 0 Å². The van der Waals surface area contributed by atoms with Gasteiger partial charge >= 0.3 is 32.6 Å². The summed E-state index contributed by atoms with van der Waals surface area (Å²) >= 11 is 19.9. The van der Waals surface area contributed by atoms with Gasteiger partial charge in [-0.15, -0.1) is 44.3 Å². The van der Waals surface area contributed by atoms with Gasteiger partial charge in [0.25, 0.3) is 0 Å². The summed E-state index contributed by atoms with van der Waals surface area (Å²) in [6, 6.07) is 0. The van der Waals surface area contributed by atoms with Gasteiger partial charge in [-0.2, -0.15) is 0 Å². The molecule has 0 rings (SSSR count). The summed E-state index contributed by atoms with van der Waals surface area (Å²) in [5, 5.41) is -2.72. The molecule has 6 heavy (non-hydrogen) atoms. The molecular formula is H2Cl4PbSi. The van der Waals surface area contributed by atoms with Gasteiger partial charge in [-0.05, 0) is 0 Å². The molecule has 0 fully saturated rings. The van der Waals surface area contributed by atoms with E-state index in [0.29, 0.717) is 0 Å². The SMILES string of the molecule is Cl[Si](Cl)(Cl)Cl.[PbH2]. The first kappa shape index (κ1) is 11.1. The summed E-state index contributed by atoms with van der Waals surface area (Å²) in [4.78, 5) is 0. The van der Waals surface area contributed by atoms with Gasteiger partial charge in [0.1, 0.15) is 0 Å². The zero-order valence-electron chi connectivity index (χ0n) is 2.72. The summed E-state index contributed by atoms with van der Waals surface area (Å²) in [6.07, 6.45) is 0. The number of hydrogen-bond acceptors (Lipinski definition) is 0. The molecule has 0 aromatic rings. The van der Waals surface area contributed by atoms with Crippen LogP contribution in [0.25, 0.3) is 0 Å². The molecule has 0 saturated carbocycles. The molecule has 0 unspecified atom stereocenters. The van der Waals surface area contributed by atoms with E-state index in [9.17, 15) is 0 Å². The Morgan fingerprint density at radius 1 is 0.833 bits per heavy atom. The van der Waals surface area contributed by atoms with E-state index >= 15 is 0 Å². The predicted molar refractivity (Wildman–Crippen MR) is 37.7 cm³/mol. The third-order valence-electron chi connectivity index (χ3n) is 0. The van der Waals surface area contributed by atoms with E-state index in [0.717, 1.165) is 0 Å². The average molecular weight is 379 g/mol. The van der Waals surface area contributed by atoms with Crippen LogP contribution in [0.2, 0.25) is 0 Å². The van der Waals surface area contributed by atoms with Gasteiger partial charge in [-0.25, -0.2) is 0 Å². The van der Waals surface area contributed by atoms with Gasteiger partial charge in [-0.3, -0.25) is 0 Å². The molecule has 0 N–H and O–H groups in total. The zero-order valence-corrected chi connectivity index (χ0v) is 12.2. The zero-order chi connectivity index (χ0) is 4.50. The van der Waals surface area contributed by atoms with Crippen LogP contribution in [0.4, 0.5) is 0 Å². The second kappa shape index (κ2) is 4.20. The fraction of sp³-hybridized carbons (Fsp3) is 0. The van der Waals surface area contributed by atoms with E-state index in [1.807, 2.05) is 0 Å². The van der Waals surface area contributed by atoms with Crippen LogP contribution in [0.5, 0.6) is 0 Å². The number of rotatable bonds is 0. The average Bonchev–Trinajstić information content (AvgIpc) is 0.722. The standard InChI is InChI=1S/Cl4Si.Pb.2H/c1-5(2,3)4;;;. The quantitative estimate of drug-likeness (QED) is 0.442. The minimum atomic E-state index is -2.72. The maximum atomic E-state index is 4.97. The van der Waals surface area contributed by atoms with Crippen molar-refractivity contribution < 1.29 is 0 Å². The molecule has 0 atom stereocenters. The molecule has 0 heterocycles. The van der Waals surface area contributed by atoms with Crippen LogP contribution in [0.15, 0.2) is 0 Å². The summed E-state index contributed by atoms with van der Waals surface area (Å²) in [5.41, 5.74) is 0. The first-order valence-electron chi connectivity index (χ1n) is 0.756. The molecule has 0 aliphatic rings. The van der Waals surface area contributed by atoms with E-state index in [1.54, 1.807) is 0 Å². The first-order chi connectivity index (χ1) is 2.00. The summed E-state index contributed by atoms with van der Waals surface area (Å²) in [7, 11) is 0. The van der Waals surface area contributed by atoms with Gasteiger partial charge in [0.05, 0.1) is 0 Å². The Balaban J connectivity index is 0. The van der Waals surface area contributed by atoms with Crippen molar-refractivity contribution in [2.45, 2.75) is 0 Å².